The number of benzene rings is 1. The second-order valence-corrected chi connectivity index (χ2v) is 7.59. The van der Waals surface area contributed by atoms with Crippen molar-refractivity contribution in [3.8, 4) is 0 Å². The van der Waals surface area contributed by atoms with Crippen molar-refractivity contribution in [2.45, 2.75) is 38.1 Å². The van der Waals surface area contributed by atoms with Gasteiger partial charge in [-0.2, -0.15) is 0 Å². The van der Waals surface area contributed by atoms with Gasteiger partial charge in [0.2, 0.25) is 0 Å². The van der Waals surface area contributed by atoms with E-state index in [9.17, 15) is 9.59 Å². The first-order valence-electron chi connectivity index (χ1n) is 8.80. The minimum Gasteiger partial charge on any atom is -0.444 e. The van der Waals surface area contributed by atoms with Crippen LogP contribution in [0.4, 0.5) is 5.69 Å². The third-order valence-corrected chi connectivity index (χ3v) is 5.00. The molecule has 0 atom stereocenters. The lowest BCUT2D eigenvalue weighted by Crippen LogP contribution is -2.36. The van der Waals surface area contributed by atoms with Crippen LogP contribution in [0.3, 0.4) is 0 Å². The maximum atomic E-state index is 12.3. The SMILES string of the molecule is O=C(NC1CCCCC1)c1ccc(NC(=S)NC(=O)c2ccc(Br)o2)cc1. The van der Waals surface area contributed by atoms with E-state index in [1.807, 2.05) is 0 Å². The minimum atomic E-state index is -0.443. The first-order chi connectivity index (χ1) is 13.0. The molecule has 1 aliphatic rings. The van der Waals surface area contributed by atoms with Crippen LogP contribution in [0.2, 0.25) is 0 Å². The standard InChI is InChI=1S/C19H20BrN3O3S/c20-16-11-10-15(26-16)18(25)23-19(27)22-14-8-6-12(7-9-14)17(24)21-13-4-2-1-3-5-13/h6-11,13H,1-5H2,(H,21,24)(H2,22,23,25,27). The second kappa shape index (κ2) is 9.14. The van der Waals surface area contributed by atoms with Gasteiger partial charge in [-0.15, -0.1) is 0 Å². The molecule has 0 bridgehead atoms. The van der Waals surface area contributed by atoms with Crippen LogP contribution in [0, 0.1) is 0 Å². The van der Waals surface area contributed by atoms with Crippen molar-refractivity contribution >= 4 is 50.8 Å². The van der Waals surface area contributed by atoms with Gasteiger partial charge >= 0.3 is 0 Å². The number of halogens is 1. The molecule has 2 amide bonds. The molecule has 2 aromatic rings. The molecule has 1 fully saturated rings. The monoisotopic (exact) mass is 449 g/mol. The van der Waals surface area contributed by atoms with E-state index in [0.29, 0.717) is 15.9 Å². The Kier molecular flexibility index (Phi) is 6.63. The number of furan rings is 1. The number of anilines is 1. The van der Waals surface area contributed by atoms with Crippen LogP contribution in [0.25, 0.3) is 0 Å². The lowest BCUT2D eigenvalue weighted by Gasteiger charge is -2.22. The summed E-state index contributed by atoms with van der Waals surface area (Å²) in [5, 5.41) is 8.68. The van der Waals surface area contributed by atoms with E-state index >= 15 is 0 Å². The molecule has 0 saturated heterocycles. The van der Waals surface area contributed by atoms with Gasteiger partial charge in [-0.05, 0) is 77.4 Å². The molecule has 6 nitrogen and oxygen atoms in total. The Morgan fingerprint density at radius 2 is 1.70 bits per heavy atom. The maximum absolute atomic E-state index is 12.3. The predicted molar refractivity (Wildman–Crippen MR) is 111 cm³/mol. The summed E-state index contributed by atoms with van der Waals surface area (Å²) in [6.45, 7) is 0. The molecule has 1 saturated carbocycles. The molecule has 1 aromatic carbocycles. The van der Waals surface area contributed by atoms with E-state index in [2.05, 4.69) is 31.9 Å². The van der Waals surface area contributed by atoms with Crippen LogP contribution in [0.1, 0.15) is 53.0 Å². The molecule has 0 unspecified atom stereocenters. The van der Waals surface area contributed by atoms with E-state index < -0.39 is 5.91 Å². The number of hydrogen-bond donors (Lipinski definition) is 3. The van der Waals surface area contributed by atoms with Gasteiger partial charge in [0, 0.05) is 17.3 Å². The quantitative estimate of drug-likeness (QED) is 0.608. The first kappa shape index (κ1) is 19.6. The van der Waals surface area contributed by atoms with Crippen LogP contribution < -0.4 is 16.0 Å². The fourth-order valence-electron chi connectivity index (χ4n) is 2.98. The van der Waals surface area contributed by atoms with E-state index in [4.69, 9.17) is 16.6 Å². The molecule has 1 heterocycles. The third-order valence-electron chi connectivity index (χ3n) is 4.37. The molecule has 142 valence electrons. The van der Waals surface area contributed by atoms with Gasteiger partial charge in [-0.1, -0.05) is 19.3 Å². The Balaban J connectivity index is 1.51. The van der Waals surface area contributed by atoms with Gasteiger partial charge in [0.05, 0.1) is 0 Å². The highest BCUT2D eigenvalue weighted by Crippen LogP contribution is 2.18. The van der Waals surface area contributed by atoms with Crippen molar-refractivity contribution in [3.05, 3.63) is 52.4 Å². The second-order valence-electron chi connectivity index (χ2n) is 6.40. The van der Waals surface area contributed by atoms with E-state index in [0.717, 1.165) is 12.8 Å². The highest BCUT2D eigenvalue weighted by molar-refractivity contribution is 9.10. The zero-order valence-electron chi connectivity index (χ0n) is 14.6. The Bertz CT molecular complexity index is 829. The normalized spacial score (nSPS) is 14.4. The van der Waals surface area contributed by atoms with Gasteiger partial charge in [0.25, 0.3) is 11.8 Å². The average Bonchev–Trinajstić information content (AvgIpc) is 3.09. The topological polar surface area (TPSA) is 83.4 Å². The molecule has 1 aliphatic carbocycles. The maximum Gasteiger partial charge on any atom is 0.293 e. The number of carbonyl (C=O) groups excluding carboxylic acids is 2. The van der Waals surface area contributed by atoms with E-state index in [1.54, 1.807) is 36.4 Å². The fraction of sp³-hybridized carbons (Fsp3) is 0.316. The summed E-state index contributed by atoms with van der Waals surface area (Å²) in [5.74, 6) is -0.352. The number of rotatable bonds is 4. The number of thiocarbonyl (C=S) groups is 1. The lowest BCUT2D eigenvalue weighted by molar-refractivity contribution is 0.0925. The average molecular weight is 450 g/mol. The van der Waals surface area contributed by atoms with Gasteiger partial charge in [0.15, 0.2) is 15.5 Å². The van der Waals surface area contributed by atoms with Crippen LogP contribution in [-0.4, -0.2) is 23.0 Å². The number of hydrogen-bond acceptors (Lipinski definition) is 4. The molecule has 27 heavy (non-hydrogen) atoms. The smallest absolute Gasteiger partial charge is 0.293 e. The molecule has 3 N–H and O–H groups in total. The van der Waals surface area contributed by atoms with Gasteiger partial charge in [-0.3, -0.25) is 14.9 Å². The summed E-state index contributed by atoms with van der Waals surface area (Å²) in [4.78, 5) is 24.3. The fourth-order valence-corrected chi connectivity index (χ4v) is 3.50. The van der Waals surface area contributed by atoms with Crippen molar-refractivity contribution < 1.29 is 14.0 Å². The van der Waals surface area contributed by atoms with Crippen molar-refractivity contribution in [2.75, 3.05) is 5.32 Å². The van der Waals surface area contributed by atoms with Gasteiger partial charge in [0.1, 0.15) is 0 Å². The van der Waals surface area contributed by atoms with Crippen LogP contribution in [0.5, 0.6) is 0 Å². The zero-order valence-corrected chi connectivity index (χ0v) is 17.0. The van der Waals surface area contributed by atoms with Crippen molar-refractivity contribution in [1.29, 1.82) is 0 Å². The predicted octanol–water partition coefficient (Wildman–Crippen LogP) is 4.23. The molecular formula is C19H20BrN3O3S. The number of nitrogens with one attached hydrogen (secondary N) is 3. The van der Waals surface area contributed by atoms with Crippen LogP contribution >= 0.6 is 28.1 Å². The molecule has 0 spiro atoms. The molecule has 3 rings (SSSR count). The summed E-state index contributed by atoms with van der Waals surface area (Å²) in [6.07, 6.45) is 5.69. The Morgan fingerprint density at radius 1 is 1.00 bits per heavy atom. The van der Waals surface area contributed by atoms with Crippen LogP contribution in [0.15, 0.2) is 45.5 Å². The van der Waals surface area contributed by atoms with E-state index in [-0.39, 0.29) is 22.8 Å². The zero-order chi connectivity index (χ0) is 19.2. The summed E-state index contributed by atoms with van der Waals surface area (Å²) in [5.41, 5.74) is 1.27. The summed E-state index contributed by atoms with van der Waals surface area (Å²) in [7, 11) is 0. The Labute approximate surface area is 171 Å². The molecule has 8 heteroatoms. The number of carbonyl (C=O) groups is 2. The minimum absolute atomic E-state index is 0.0623. The van der Waals surface area contributed by atoms with Crippen molar-refractivity contribution in [3.63, 3.8) is 0 Å². The van der Waals surface area contributed by atoms with Gasteiger partial charge < -0.3 is 15.1 Å². The first-order valence-corrected chi connectivity index (χ1v) is 10.00. The highest BCUT2D eigenvalue weighted by Gasteiger charge is 2.17. The largest absolute Gasteiger partial charge is 0.444 e. The molecular weight excluding hydrogens is 430 g/mol. The highest BCUT2D eigenvalue weighted by atomic mass is 79.9. The lowest BCUT2D eigenvalue weighted by atomic mass is 9.95. The summed E-state index contributed by atoms with van der Waals surface area (Å²) < 4.78 is 5.64. The number of amides is 2. The Hall–Kier alpha value is -2.19. The molecule has 0 radical (unpaired) electrons. The van der Waals surface area contributed by atoms with Crippen molar-refractivity contribution in [2.24, 2.45) is 0 Å². The molecule has 1 aromatic heterocycles. The molecule has 0 aliphatic heterocycles. The third kappa shape index (κ3) is 5.64. The summed E-state index contributed by atoms with van der Waals surface area (Å²) in [6, 6.07) is 10.4. The van der Waals surface area contributed by atoms with Crippen LogP contribution in [-0.2, 0) is 0 Å². The summed E-state index contributed by atoms with van der Waals surface area (Å²) >= 11 is 8.28. The van der Waals surface area contributed by atoms with Gasteiger partial charge in [-0.25, -0.2) is 0 Å². The van der Waals surface area contributed by atoms with Crippen molar-refractivity contribution in [1.82, 2.24) is 10.6 Å². The van der Waals surface area contributed by atoms with E-state index in [1.165, 1.54) is 19.3 Å². The Morgan fingerprint density at radius 3 is 2.33 bits per heavy atom.